The third kappa shape index (κ3) is 32.2. The van der Waals surface area contributed by atoms with Crippen LogP contribution in [0.5, 0.6) is 0 Å². The molecule has 0 bridgehead atoms. The molecule has 0 heterocycles. The molecule has 8 heteroatoms. The van der Waals surface area contributed by atoms with Crippen LogP contribution in [-0.4, -0.2) is 75.5 Å². The van der Waals surface area contributed by atoms with Crippen LogP contribution in [0, 0.1) is 0 Å². The van der Waals surface area contributed by atoms with E-state index in [1.54, 1.807) is 21.1 Å². The Labute approximate surface area is 310 Å². The predicted molar refractivity (Wildman–Crippen MR) is 208 cm³/mol. The average Bonchev–Trinajstić information content (AvgIpc) is 3.08. The van der Waals surface area contributed by atoms with Crippen molar-refractivity contribution in [1.82, 2.24) is 0 Å². The molecule has 0 aromatic carbocycles. The van der Waals surface area contributed by atoms with Gasteiger partial charge in [0.2, 0.25) is 0 Å². The van der Waals surface area contributed by atoms with Crippen molar-refractivity contribution in [3.63, 3.8) is 0 Å². The number of nitrogens with zero attached hydrogens (tertiary/aromatic N) is 1. The van der Waals surface area contributed by atoms with Crippen LogP contribution >= 0.6 is 0 Å². The summed E-state index contributed by atoms with van der Waals surface area (Å²) in [6, 6.07) is -0.742. The van der Waals surface area contributed by atoms with Gasteiger partial charge in [-0.2, -0.15) is 0 Å². The highest BCUT2D eigenvalue weighted by molar-refractivity contribution is 5.70. The Morgan fingerprint density at radius 2 is 1.06 bits per heavy atom. The van der Waals surface area contributed by atoms with Crippen LogP contribution in [-0.2, 0) is 28.6 Å². The molecule has 0 aliphatic heterocycles. The summed E-state index contributed by atoms with van der Waals surface area (Å²) in [5, 5.41) is 11.6. The molecule has 0 fully saturated rings. The standard InChI is InChI=1S/C43H69NO7/c1-6-8-10-12-14-16-18-19-20-21-22-24-26-28-30-32-34-42(46)51-39(37-49-36-35-40(43(47)48)44(3,4)5)38-50-41(45)33-31-29-27-25-23-17-15-13-11-9-7-2/h8-11,14-17,19-20,22,24-25,27,39-40H,6-7,12-13,18,21,23,26,28-38H2,1-5H3/b10-8+,11-9+,16-14+,17-15+,20-19+,24-22+,27-25+. The molecule has 0 rings (SSSR count). The number of aliphatic carboxylic acids is 1. The van der Waals surface area contributed by atoms with Gasteiger partial charge in [0.15, 0.2) is 6.10 Å². The van der Waals surface area contributed by atoms with Crippen molar-refractivity contribution in [3.05, 3.63) is 85.1 Å². The van der Waals surface area contributed by atoms with Crippen molar-refractivity contribution in [1.29, 1.82) is 0 Å². The predicted octanol–water partition coefficient (Wildman–Crippen LogP) is 8.46. The molecule has 0 aliphatic carbocycles. The molecule has 0 amide bonds. The van der Waals surface area contributed by atoms with E-state index in [0.717, 1.165) is 70.6 Å². The lowest BCUT2D eigenvalue weighted by atomic mass is 10.1. The summed E-state index contributed by atoms with van der Waals surface area (Å²) in [6.45, 7) is 4.29. The summed E-state index contributed by atoms with van der Waals surface area (Å²) < 4.78 is 17.0. The van der Waals surface area contributed by atoms with E-state index in [0.29, 0.717) is 12.8 Å². The van der Waals surface area contributed by atoms with Gasteiger partial charge in [-0.15, -0.1) is 0 Å². The first-order valence-electron chi connectivity index (χ1n) is 19.1. The summed E-state index contributed by atoms with van der Waals surface area (Å²) in [5.74, 6) is -1.86. The molecule has 288 valence electrons. The van der Waals surface area contributed by atoms with E-state index in [9.17, 15) is 19.5 Å². The Morgan fingerprint density at radius 3 is 1.55 bits per heavy atom. The molecular formula is C43H69NO7. The van der Waals surface area contributed by atoms with Gasteiger partial charge in [-0.05, 0) is 77.0 Å². The first-order valence-corrected chi connectivity index (χ1v) is 19.1. The molecular weight excluding hydrogens is 642 g/mol. The second kappa shape index (κ2) is 33.6. The molecule has 51 heavy (non-hydrogen) atoms. The van der Waals surface area contributed by atoms with E-state index >= 15 is 0 Å². The Hall–Kier alpha value is -3.49. The molecule has 0 N–H and O–H groups in total. The average molecular weight is 712 g/mol. The van der Waals surface area contributed by atoms with E-state index < -0.39 is 18.1 Å². The highest BCUT2D eigenvalue weighted by atomic mass is 16.6. The lowest BCUT2D eigenvalue weighted by Crippen LogP contribution is -2.55. The summed E-state index contributed by atoms with van der Waals surface area (Å²) >= 11 is 0. The molecule has 0 aliphatic rings. The van der Waals surface area contributed by atoms with Crippen molar-refractivity contribution >= 4 is 17.9 Å². The van der Waals surface area contributed by atoms with Gasteiger partial charge in [0.1, 0.15) is 12.6 Å². The maximum Gasteiger partial charge on any atom is 0.306 e. The maximum atomic E-state index is 12.6. The summed E-state index contributed by atoms with van der Waals surface area (Å²) in [5.41, 5.74) is 0. The number of esters is 2. The zero-order valence-electron chi connectivity index (χ0n) is 32.5. The van der Waals surface area contributed by atoms with Crippen molar-refractivity contribution in [2.45, 2.75) is 129 Å². The van der Waals surface area contributed by atoms with Gasteiger partial charge in [0.05, 0.1) is 40.3 Å². The lowest BCUT2D eigenvalue weighted by Gasteiger charge is -2.34. The van der Waals surface area contributed by atoms with Crippen molar-refractivity contribution in [2.75, 3.05) is 41.0 Å². The van der Waals surface area contributed by atoms with Crippen molar-refractivity contribution in [3.8, 4) is 0 Å². The minimum atomic E-state index is -1.14. The van der Waals surface area contributed by atoms with Gasteiger partial charge in [-0.3, -0.25) is 9.59 Å². The number of allylic oxidation sites excluding steroid dienone is 14. The Bertz CT molecular complexity index is 1110. The first-order chi connectivity index (χ1) is 24.6. The fourth-order valence-electron chi connectivity index (χ4n) is 4.85. The van der Waals surface area contributed by atoms with E-state index in [1.807, 2.05) is 0 Å². The number of carboxylic acids is 1. The molecule has 2 atom stereocenters. The third-order valence-corrected chi connectivity index (χ3v) is 7.78. The van der Waals surface area contributed by atoms with Gasteiger partial charge in [0.25, 0.3) is 0 Å². The number of rotatable bonds is 32. The number of quaternary nitrogens is 1. The van der Waals surface area contributed by atoms with Crippen LogP contribution in [0.2, 0.25) is 0 Å². The van der Waals surface area contributed by atoms with E-state index in [4.69, 9.17) is 14.2 Å². The summed E-state index contributed by atoms with van der Waals surface area (Å²) in [7, 11) is 5.36. The minimum absolute atomic E-state index is 0.00620. The second-order valence-electron chi connectivity index (χ2n) is 13.4. The van der Waals surface area contributed by atoms with Crippen molar-refractivity contribution < 1.29 is 38.2 Å². The van der Waals surface area contributed by atoms with Gasteiger partial charge in [0, 0.05) is 19.3 Å². The summed E-state index contributed by atoms with van der Waals surface area (Å²) in [4.78, 5) is 36.6. The zero-order chi connectivity index (χ0) is 37.8. The number of unbranched alkanes of at least 4 members (excludes halogenated alkanes) is 4. The Balaban J connectivity index is 4.57. The van der Waals surface area contributed by atoms with E-state index in [2.05, 4.69) is 98.9 Å². The number of carbonyl (C=O) groups is 3. The molecule has 0 spiro atoms. The van der Waals surface area contributed by atoms with Gasteiger partial charge < -0.3 is 28.6 Å². The normalized spacial score (nSPS) is 14.0. The third-order valence-electron chi connectivity index (χ3n) is 7.78. The molecule has 2 unspecified atom stereocenters. The van der Waals surface area contributed by atoms with Crippen LogP contribution in [0.25, 0.3) is 0 Å². The van der Waals surface area contributed by atoms with Crippen molar-refractivity contribution in [2.24, 2.45) is 0 Å². The SMILES string of the molecule is CC/C=C/C/C=C/C/C=C/C/C=C/CCCCCC(=O)OC(COCCC(C(=O)[O-])[N+](C)(C)C)COC(=O)CCC/C=C/C/C=C/C/C=C/CC. The van der Waals surface area contributed by atoms with E-state index in [-0.39, 0.29) is 55.5 Å². The Morgan fingerprint density at radius 1 is 0.588 bits per heavy atom. The number of likely N-dealkylation sites (N-methyl/N-ethyl adjacent to an activating group) is 1. The van der Waals surface area contributed by atoms with E-state index in [1.165, 1.54) is 0 Å². The second-order valence-corrected chi connectivity index (χ2v) is 13.4. The molecule has 0 radical (unpaired) electrons. The quantitative estimate of drug-likeness (QED) is 0.0299. The number of ether oxygens (including phenoxy) is 3. The number of hydrogen-bond acceptors (Lipinski definition) is 7. The van der Waals surface area contributed by atoms with Crippen LogP contribution in [0.15, 0.2) is 85.1 Å². The maximum absolute atomic E-state index is 12.6. The molecule has 0 saturated carbocycles. The Kier molecular flexibility index (Phi) is 31.3. The lowest BCUT2D eigenvalue weighted by molar-refractivity contribution is -0.889. The molecule has 8 nitrogen and oxygen atoms in total. The smallest absolute Gasteiger partial charge is 0.306 e. The van der Waals surface area contributed by atoms with Gasteiger partial charge in [-0.1, -0.05) is 105 Å². The molecule has 0 saturated heterocycles. The topological polar surface area (TPSA) is 102 Å². The highest BCUT2D eigenvalue weighted by Crippen LogP contribution is 2.10. The van der Waals surface area contributed by atoms with Crippen LogP contribution < -0.4 is 5.11 Å². The van der Waals surface area contributed by atoms with Gasteiger partial charge >= 0.3 is 11.9 Å². The van der Waals surface area contributed by atoms with Crippen LogP contribution in [0.1, 0.15) is 117 Å². The zero-order valence-corrected chi connectivity index (χ0v) is 32.5. The number of carbonyl (C=O) groups excluding carboxylic acids is 3. The van der Waals surface area contributed by atoms with Crippen LogP contribution in [0.3, 0.4) is 0 Å². The fraction of sp³-hybridized carbons (Fsp3) is 0.605. The largest absolute Gasteiger partial charge is 0.544 e. The monoisotopic (exact) mass is 712 g/mol. The molecule has 0 aromatic rings. The fourth-order valence-corrected chi connectivity index (χ4v) is 4.85. The highest BCUT2D eigenvalue weighted by Gasteiger charge is 2.25. The number of hydrogen-bond donors (Lipinski definition) is 0. The number of carboxylic acid groups (broad SMARTS) is 1. The summed E-state index contributed by atoms with van der Waals surface area (Å²) in [6.07, 6.45) is 41.9. The molecule has 0 aromatic heterocycles. The first kappa shape index (κ1) is 47.5. The minimum Gasteiger partial charge on any atom is -0.544 e. The van der Waals surface area contributed by atoms with Gasteiger partial charge in [-0.25, -0.2) is 0 Å². The van der Waals surface area contributed by atoms with Crippen LogP contribution in [0.4, 0.5) is 0 Å².